The molecular formula is C24H32O9. The maximum atomic E-state index is 12.9. The Kier molecular flexibility index (Phi) is 8.24. The summed E-state index contributed by atoms with van der Waals surface area (Å²) in [5, 5.41) is 10.7. The number of carbonyl (C=O) groups is 4. The van der Waals surface area contributed by atoms with Crippen LogP contribution in [-0.4, -0.2) is 59.0 Å². The Hall–Kier alpha value is -2.94. The van der Waals surface area contributed by atoms with E-state index in [1.807, 2.05) is 13.0 Å². The van der Waals surface area contributed by atoms with E-state index in [1.165, 1.54) is 27.7 Å². The lowest BCUT2D eigenvalue weighted by molar-refractivity contribution is -0.188. The van der Waals surface area contributed by atoms with Crippen LogP contribution in [0.3, 0.4) is 0 Å². The van der Waals surface area contributed by atoms with E-state index in [2.05, 4.69) is 6.58 Å². The van der Waals surface area contributed by atoms with E-state index in [0.717, 1.165) is 5.57 Å². The van der Waals surface area contributed by atoms with Gasteiger partial charge in [0.05, 0.1) is 5.92 Å². The van der Waals surface area contributed by atoms with Crippen LogP contribution in [0.15, 0.2) is 35.5 Å². The van der Waals surface area contributed by atoms with Crippen LogP contribution in [0, 0.1) is 5.92 Å². The van der Waals surface area contributed by atoms with Crippen molar-refractivity contribution in [2.24, 2.45) is 5.92 Å². The molecule has 1 heterocycles. The van der Waals surface area contributed by atoms with Gasteiger partial charge in [-0.15, -0.1) is 0 Å². The summed E-state index contributed by atoms with van der Waals surface area (Å²) in [4.78, 5) is 48.1. The van der Waals surface area contributed by atoms with Gasteiger partial charge in [0, 0.05) is 32.3 Å². The van der Waals surface area contributed by atoms with Crippen molar-refractivity contribution in [1.29, 1.82) is 0 Å². The lowest BCUT2D eigenvalue weighted by atomic mass is 9.85. The van der Waals surface area contributed by atoms with Crippen LogP contribution in [0.1, 0.15) is 54.4 Å². The van der Waals surface area contributed by atoms with Crippen LogP contribution in [-0.2, 0) is 38.1 Å². The molecule has 6 unspecified atom stereocenters. The highest BCUT2D eigenvalue weighted by Gasteiger charge is 2.48. The van der Waals surface area contributed by atoms with E-state index in [9.17, 15) is 24.3 Å². The second kappa shape index (κ2) is 10.3. The predicted molar refractivity (Wildman–Crippen MR) is 117 cm³/mol. The van der Waals surface area contributed by atoms with Gasteiger partial charge in [0.25, 0.3) is 0 Å². The van der Waals surface area contributed by atoms with Crippen molar-refractivity contribution in [1.82, 2.24) is 0 Å². The van der Waals surface area contributed by atoms with Crippen LogP contribution in [0.25, 0.3) is 0 Å². The normalized spacial score (nSPS) is 28.2. The van der Waals surface area contributed by atoms with Gasteiger partial charge in [-0.05, 0) is 39.3 Å². The number of rotatable bonds is 5. The molecule has 9 nitrogen and oxygen atoms in total. The Morgan fingerprint density at radius 2 is 1.85 bits per heavy atom. The van der Waals surface area contributed by atoms with Crippen molar-refractivity contribution in [2.75, 3.05) is 0 Å². The SMILES string of the molecule is C=C1C(=O)OC2C=C(C)C(OC(C)=O)CC=C(C)CC(OC(=O)C(C)(O)C(C)OC(C)=O)C12. The molecule has 0 aromatic carbocycles. The van der Waals surface area contributed by atoms with Crippen LogP contribution >= 0.6 is 0 Å². The molecule has 0 spiro atoms. The first kappa shape index (κ1) is 26.3. The van der Waals surface area contributed by atoms with Gasteiger partial charge in [-0.2, -0.15) is 0 Å². The molecule has 0 bridgehead atoms. The zero-order chi connectivity index (χ0) is 25.1. The van der Waals surface area contributed by atoms with Crippen molar-refractivity contribution < 1.29 is 43.2 Å². The maximum Gasteiger partial charge on any atom is 0.342 e. The molecule has 33 heavy (non-hydrogen) atoms. The van der Waals surface area contributed by atoms with Gasteiger partial charge >= 0.3 is 23.9 Å². The van der Waals surface area contributed by atoms with Crippen molar-refractivity contribution >= 4 is 23.9 Å². The minimum atomic E-state index is -2.12. The Bertz CT molecular complexity index is 896. The Morgan fingerprint density at radius 1 is 1.21 bits per heavy atom. The average molecular weight is 465 g/mol. The molecule has 2 rings (SSSR count). The highest BCUT2D eigenvalue weighted by molar-refractivity contribution is 5.91. The van der Waals surface area contributed by atoms with Crippen LogP contribution in [0.4, 0.5) is 0 Å². The zero-order valence-corrected chi connectivity index (χ0v) is 19.9. The zero-order valence-electron chi connectivity index (χ0n) is 19.9. The molecule has 0 aromatic rings. The minimum absolute atomic E-state index is 0.131. The summed E-state index contributed by atoms with van der Waals surface area (Å²) < 4.78 is 21.5. The molecule has 1 saturated heterocycles. The maximum absolute atomic E-state index is 12.9. The summed E-state index contributed by atoms with van der Waals surface area (Å²) in [5.74, 6) is -3.44. The third-order valence-electron chi connectivity index (χ3n) is 5.91. The highest BCUT2D eigenvalue weighted by Crippen LogP contribution is 2.37. The molecule has 0 aromatic heterocycles. The first-order chi connectivity index (χ1) is 15.2. The quantitative estimate of drug-likeness (QED) is 0.282. The number of ether oxygens (including phenoxy) is 4. The standard InChI is InChI=1S/C24H32O9/c1-12-8-9-18(31-17(6)26)13(2)11-20-21(14(3)22(27)32-20)19(10-12)33-23(28)24(7,29)15(4)30-16(5)25/h8,11,15,18-21,29H,3,9-10H2,1-2,4-7H3. The van der Waals surface area contributed by atoms with Crippen molar-refractivity contribution in [2.45, 2.75) is 84.4 Å². The molecule has 0 radical (unpaired) electrons. The molecule has 182 valence electrons. The van der Waals surface area contributed by atoms with Crippen LogP contribution in [0.2, 0.25) is 0 Å². The van der Waals surface area contributed by atoms with Gasteiger partial charge in [0.1, 0.15) is 24.4 Å². The molecule has 2 aliphatic rings. The summed E-state index contributed by atoms with van der Waals surface area (Å²) in [6.07, 6.45) is 0.768. The number of esters is 4. The van der Waals surface area contributed by atoms with Gasteiger partial charge in [0.15, 0.2) is 5.60 Å². The number of hydrogen-bond donors (Lipinski definition) is 1. The molecule has 1 aliphatic carbocycles. The van der Waals surface area contributed by atoms with Crippen molar-refractivity contribution in [3.63, 3.8) is 0 Å². The molecular weight excluding hydrogens is 432 g/mol. The summed E-state index contributed by atoms with van der Waals surface area (Å²) >= 11 is 0. The fourth-order valence-electron chi connectivity index (χ4n) is 3.81. The molecule has 1 fully saturated rings. The largest absolute Gasteiger partial charge is 0.459 e. The second-order valence-electron chi connectivity index (χ2n) is 8.76. The fourth-order valence-corrected chi connectivity index (χ4v) is 3.81. The molecule has 1 N–H and O–H groups in total. The van der Waals surface area contributed by atoms with Gasteiger partial charge in [-0.1, -0.05) is 18.2 Å². The van der Waals surface area contributed by atoms with Crippen LogP contribution in [0.5, 0.6) is 0 Å². The van der Waals surface area contributed by atoms with Crippen LogP contribution < -0.4 is 0 Å². The van der Waals surface area contributed by atoms with Gasteiger partial charge in [0.2, 0.25) is 0 Å². The number of aliphatic hydroxyl groups is 1. The third-order valence-corrected chi connectivity index (χ3v) is 5.91. The Balaban J connectivity index is 2.40. The van der Waals surface area contributed by atoms with E-state index >= 15 is 0 Å². The number of hydrogen-bond acceptors (Lipinski definition) is 9. The number of fused-ring (bicyclic) bond motifs is 1. The predicted octanol–water partition coefficient (Wildman–Crippen LogP) is 2.32. The number of carbonyl (C=O) groups excluding carboxylic acids is 4. The van der Waals surface area contributed by atoms with Gasteiger partial charge < -0.3 is 24.1 Å². The van der Waals surface area contributed by atoms with Crippen molar-refractivity contribution in [3.8, 4) is 0 Å². The van der Waals surface area contributed by atoms with Crippen molar-refractivity contribution in [3.05, 3.63) is 35.5 Å². The topological polar surface area (TPSA) is 125 Å². The molecule has 0 amide bonds. The monoisotopic (exact) mass is 464 g/mol. The average Bonchev–Trinajstić information content (AvgIpc) is 2.96. The van der Waals surface area contributed by atoms with Gasteiger partial charge in [-0.3, -0.25) is 9.59 Å². The highest BCUT2D eigenvalue weighted by atomic mass is 16.6. The first-order valence-corrected chi connectivity index (χ1v) is 10.8. The lowest BCUT2D eigenvalue weighted by Gasteiger charge is -2.33. The molecule has 1 aliphatic heterocycles. The molecule has 6 atom stereocenters. The smallest absolute Gasteiger partial charge is 0.342 e. The first-order valence-electron chi connectivity index (χ1n) is 10.8. The lowest BCUT2D eigenvalue weighted by Crippen LogP contribution is -2.50. The molecule has 0 saturated carbocycles. The summed E-state index contributed by atoms with van der Waals surface area (Å²) in [6, 6.07) is 0. The van der Waals surface area contributed by atoms with E-state index < -0.39 is 59.8 Å². The fraction of sp³-hybridized carbons (Fsp3) is 0.583. The second-order valence-corrected chi connectivity index (χ2v) is 8.76. The van der Waals surface area contributed by atoms with E-state index in [0.29, 0.717) is 12.0 Å². The molecule has 9 heteroatoms. The van der Waals surface area contributed by atoms with E-state index in [1.54, 1.807) is 13.0 Å². The summed E-state index contributed by atoms with van der Waals surface area (Å²) in [5.41, 5.74) is -0.496. The van der Waals surface area contributed by atoms with Gasteiger partial charge in [-0.25, -0.2) is 9.59 Å². The minimum Gasteiger partial charge on any atom is -0.459 e. The Labute approximate surface area is 193 Å². The Morgan fingerprint density at radius 3 is 2.42 bits per heavy atom. The van der Waals surface area contributed by atoms with E-state index in [4.69, 9.17) is 18.9 Å². The summed E-state index contributed by atoms with van der Waals surface area (Å²) in [7, 11) is 0. The van der Waals surface area contributed by atoms with E-state index in [-0.39, 0.29) is 12.0 Å². The summed E-state index contributed by atoms with van der Waals surface area (Å²) in [6.45, 7) is 12.5. The third kappa shape index (κ3) is 6.31.